The van der Waals surface area contributed by atoms with E-state index in [2.05, 4.69) is 10.1 Å². The highest BCUT2D eigenvalue weighted by atomic mass is 16.6. The Morgan fingerprint density at radius 2 is 1.91 bits per heavy atom. The molecule has 0 radical (unpaired) electrons. The van der Waals surface area contributed by atoms with Crippen LogP contribution in [0.1, 0.15) is 19.4 Å². The second-order valence-corrected chi connectivity index (χ2v) is 9.91. The van der Waals surface area contributed by atoms with Gasteiger partial charge in [0.15, 0.2) is 12.0 Å². The maximum Gasteiger partial charge on any atom is 0.193 e. The summed E-state index contributed by atoms with van der Waals surface area (Å²) >= 11 is 0. The van der Waals surface area contributed by atoms with Crippen molar-refractivity contribution in [3.8, 4) is 22.8 Å². The van der Waals surface area contributed by atoms with Gasteiger partial charge in [-0.25, -0.2) is 9.67 Å². The van der Waals surface area contributed by atoms with Gasteiger partial charge in [0.05, 0.1) is 47.4 Å². The minimum atomic E-state index is -0.773. The zero-order valence-electron chi connectivity index (χ0n) is 19.6. The van der Waals surface area contributed by atoms with Crippen LogP contribution in [0.15, 0.2) is 54.9 Å². The third-order valence-electron chi connectivity index (χ3n) is 6.41. The molecule has 2 aliphatic heterocycles. The molecular formula is C26H28N4O5. The van der Waals surface area contributed by atoms with Gasteiger partial charge in [-0.05, 0) is 43.7 Å². The Kier molecular flexibility index (Phi) is 5.37. The molecule has 0 spiro atoms. The van der Waals surface area contributed by atoms with Crippen LogP contribution in [0.25, 0.3) is 28.0 Å². The van der Waals surface area contributed by atoms with Gasteiger partial charge in [-0.1, -0.05) is 12.1 Å². The molecule has 2 fully saturated rings. The Bertz CT molecular complexity index is 1340. The first kappa shape index (κ1) is 22.2. The molecule has 6 rings (SSSR count). The molecule has 1 aromatic carbocycles. The van der Waals surface area contributed by atoms with Crippen LogP contribution < -0.4 is 4.74 Å². The van der Waals surface area contributed by atoms with Gasteiger partial charge in [0.25, 0.3) is 0 Å². The number of nitrogens with zero attached hydrogens (tertiary/aromatic N) is 3. The first-order valence-corrected chi connectivity index (χ1v) is 11.8. The first-order chi connectivity index (χ1) is 16.8. The predicted octanol–water partition coefficient (Wildman–Crippen LogP) is 2.63. The average Bonchev–Trinajstić information content (AvgIpc) is 3.59. The Morgan fingerprint density at radius 3 is 2.71 bits per heavy atom. The van der Waals surface area contributed by atoms with Gasteiger partial charge in [-0.3, -0.25) is 0 Å². The quantitative estimate of drug-likeness (QED) is 0.392. The van der Waals surface area contributed by atoms with Crippen molar-refractivity contribution in [3.05, 3.63) is 60.4 Å². The molecule has 5 heterocycles. The largest absolute Gasteiger partial charge is 0.470 e. The molecule has 4 atom stereocenters. The van der Waals surface area contributed by atoms with E-state index in [0.717, 1.165) is 33.5 Å². The number of nitrogens with one attached hydrogen (secondary N) is 1. The molecule has 9 nitrogen and oxygen atoms in total. The molecule has 0 aliphatic carbocycles. The number of hydrogen-bond donors (Lipinski definition) is 3. The highest BCUT2D eigenvalue weighted by Gasteiger charge is 2.48. The number of hydrogen-bond acceptors (Lipinski definition) is 7. The molecule has 182 valence electrons. The van der Waals surface area contributed by atoms with Crippen molar-refractivity contribution >= 4 is 11.0 Å². The van der Waals surface area contributed by atoms with E-state index in [1.165, 1.54) is 0 Å². The Hall–Kier alpha value is -3.24. The standard InChI is InChI=1S/C26H28N4O5/c1-26(2,32)10-15-11-27-30(12-15)17-5-3-16(4-6-17)18-7-8-19-20(28-18)9-23(29-19)35-22-14-34-24-21(31)13-33-25(22)24/h3-9,11-12,21-22,24-25,29,31-32H,10,13-14H2,1-2H3/t21-,22-,24-,25-/m1/s1. The summed E-state index contributed by atoms with van der Waals surface area (Å²) in [4.78, 5) is 8.06. The molecule has 4 aromatic rings. The lowest BCUT2D eigenvalue weighted by molar-refractivity contribution is 0.00794. The van der Waals surface area contributed by atoms with Gasteiger partial charge >= 0.3 is 0 Å². The number of fused-ring (bicyclic) bond motifs is 2. The van der Waals surface area contributed by atoms with Crippen molar-refractivity contribution in [2.75, 3.05) is 13.2 Å². The summed E-state index contributed by atoms with van der Waals surface area (Å²) in [5, 5.41) is 24.4. The van der Waals surface area contributed by atoms with E-state index in [0.29, 0.717) is 18.9 Å². The SMILES string of the molecule is CC(C)(O)Cc1cnn(-c2ccc(-c3ccc4[nH]c(O[C@@H]5CO[C@H]6[C@@H]5OC[C@H]6O)cc4n3)cc2)c1. The molecule has 2 aliphatic rings. The van der Waals surface area contributed by atoms with Crippen LogP contribution in [0, 0.1) is 0 Å². The van der Waals surface area contributed by atoms with Crippen molar-refractivity contribution in [1.29, 1.82) is 0 Å². The number of aliphatic hydroxyl groups excluding tert-OH is 1. The first-order valence-electron chi connectivity index (χ1n) is 11.8. The van der Waals surface area contributed by atoms with Crippen LogP contribution in [-0.2, 0) is 15.9 Å². The summed E-state index contributed by atoms with van der Waals surface area (Å²) in [7, 11) is 0. The second kappa shape index (κ2) is 8.46. The summed E-state index contributed by atoms with van der Waals surface area (Å²) in [6.07, 6.45) is 2.80. The number of ether oxygens (including phenoxy) is 3. The van der Waals surface area contributed by atoms with Crippen LogP contribution in [0.5, 0.6) is 5.88 Å². The van der Waals surface area contributed by atoms with Crippen molar-refractivity contribution in [3.63, 3.8) is 0 Å². The maximum absolute atomic E-state index is 10.0. The van der Waals surface area contributed by atoms with Crippen LogP contribution in [0.2, 0.25) is 0 Å². The average molecular weight is 477 g/mol. The Morgan fingerprint density at radius 1 is 1.11 bits per heavy atom. The van der Waals surface area contributed by atoms with E-state index < -0.39 is 11.7 Å². The zero-order chi connectivity index (χ0) is 24.2. The highest BCUT2D eigenvalue weighted by molar-refractivity contribution is 5.80. The third-order valence-corrected chi connectivity index (χ3v) is 6.41. The molecule has 0 bridgehead atoms. The van der Waals surface area contributed by atoms with Gasteiger partial charge < -0.3 is 29.4 Å². The van der Waals surface area contributed by atoms with E-state index in [1.807, 2.05) is 53.3 Å². The predicted molar refractivity (Wildman–Crippen MR) is 129 cm³/mol. The van der Waals surface area contributed by atoms with Crippen molar-refractivity contribution < 1.29 is 24.4 Å². The topological polar surface area (TPSA) is 115 Å². The van der Waals surface area contributed by atoms with Crippen molar-refractivity contribution in [1.82, 2.24) is 19.7 Å². The molecule has 9 heteroatoms. The lowest BCUT2D eigenvalue weighted by Gasteiger charge is -2.16. The number of rotatable bonds is 6. The van der Waals surface area contributed by atoms with Crippen LogP contribution in [-0.4, -0.2) is 73.2 Å². The summed E-state index contributed by atoms with van der Waals surface area (Å²) < 4.78 is 19.2. The van der Waals surface area contributed by atoms with Gasteiger partial charge in [-0.2, -0.15) is 5.10 Å². The van der Waals surface area contributed by atoms with E-state index in [4.69, 9.17) is 19.2 Å². The third kappa shape index (κ3) is 4.43. The fraction of sp³-hybridized carbons (Fsp3) is 0.385. The van der Waals surface area contributed by atoms with E-state index in [-0.39, 0.29) is 24.9 Å². The number of H-pyrrole nitrogens is 1. The number of aromatic amines is 1. The van der Waals surface area contributed by atoms with E-state index >= 15 is 0 Å². The van der Waals surface area contributed by atoms with Crippen LogP contribution in [0.3, 0.4) is 0 Å². The van der Waals surface area contributed by atoms with Crippen LogP contribution in [0.4, 0.5) is 0 Å². The molecule has 3 N–H and O–H groups in total. The summed E-state index contributed by atoms with van der Waals surface area (Å²) in [6.45, 7) is 4.23. The summed E-state index contributed by atoms with van der Waals surface area (Å²) in [5.74, 6) is 0.597. The Balaban J connectivity index is 1.18. The molecule has 0 saturated carbocycles. The van der Waals surface area contributed by atoms with Crippen LogP contribution >= 0.6 is 0 Å². The number of pyridine rings is 1. The van der Waals surface area contributed by atoms with Gasteiger partial charge in [0, 0.05) is 24.2 Å². The zero-order valence-corrected chi connectivity index (χ0v) is 19.6. The van der Waals surface area contributed by atoms with Gasteiger partial charge in [0.2, 0.25) is 0 Å². The number of benzene rings is 1. The maximum atomic E-state index is 10.0. The summed E-state index contributed by atoms with van der Waals surface area (Å²) in [5.41, 5.74) is 4.66. The molecule has 3 aromatic heterocycles. The monoisotopic (exact) mass is 476 g/mol. The van der Waals surface area contributed by atoms with Gasteiger partial charge in [0.1, 0.15) is 18.3 Å². The lowest BCUT2D eigenvalue weighted by atomic mass is 10.0. The minimum absolute atomic E-state index is 0.264. The van der Waals surface area contributed by atoms with Crippen molar-refractivity contribution in [2.24, 2.45) is 0 Å². The minimum Gasteiger partial charge on any atom is -0.470 e. The normalized spacial score (nSPS) is 24.2. The van der Waals surface area contributed by atoms with Crippen molar-refractivity contribution in [2.45, 2.75) is 50.3 Å². The Labute approximate surface area is 202 Å². The smallest absolute Gasteiger partial charge is 0.193 e. The molecule has 0 amide bonds. The second-order valence-electron chi connectivity index (χ2n) is 9.91. The molecular weight excluding hydrogens is 448 g/mol. The highest BCUT2D eigenvalue weighted by Crippen LogP contribution is 2.31. The number of aliphatic hydroxyl groups is 2. The fourth-order valence-corrected chi connectivity index (χ4v) is 4.79. The fourth-order valence-electron chi connectivity index (χ4n) is 4.79. The lowest BCUT2D eigenvalue weighted by Crippen LogP contribution is -2.34. The summed E-state index contributed by atoms with van der Waals surface area (Å²) in [6, 6.07) is 13.9. The van der Waals surface area contributed by atoms with Gasteiger partial charge in [-0.15, -0.1) is 0 Å². The molecule has 35 heavy (non-hydrogen) atoms. The van der Waals surface area contributed by atoms with E-state index in [9.17, 15) is 10.2 Å². The number of aromatic nitrogens is 4. The molecule has 2 saturated heterocycles. The molecule has 0 unspecified atom stereocenters. The van der Waals surface area contributed by atoms with E-state index in [1.54, 1.807) is 20.0 Å².